The van der Waals surface area contributed by atoms with Gasteiger partial charge in [-0.1, -0.05) is 63.2 Å². The fourth-order valence-corrected chi connectivity index (χ4v) is 4.39. The number of carbonyl (C=O) groups excluding carboxylic acids is 1. The van der Waals surface area contributed by atoms with Gasteiger partial charge in [0.15, 0.2) is 5.78 Å². The fraction of sp³-hybridized carbons (Fsp3) is 0.273. The minimum atomic E-state index is -3.89. The second-order valence-corrected chi connectivity index (χ2v) is 9.67. The smallest absolute Gasteiger partial charge is 0.265 e. The summed E-state index contributed by atoms with van der Waals surface area (Å²) in [4.78, 5) is 11.7. The third-order valence-electron chi connectivity index (χ3n) is 4.44. The molecule has 0 radical (unpaired) electrons. The Morgan fingerprint density at radius 3 is 2.38 bits per heavy atom. The molecule has 3 rings (SSSR count). The van der Waals surface area contributed by atoms with Gasteiger partial charge in [0.2, 0.25) is 0 Å². The number of Topliss-reactive ketones (excluding diaryl/α,β-unsaturated/α-hetero) is 1. The van der Waals surface area contributed by atoms with Crippen LogP contribution in [0.25, 0.3) is 0 Å². The standard InChI is InChI=1S/C22H25N3O3S/c1-16(26)18-11-8-12-19(13-18)24-29(27,28)20-15-25(23-21(20)22(2,3)4)14-17-9-6-5-7-10-17/h5-13,15,24H,14H2,1-4H3. The van der Waals surface area contributed by atoms with Crippen LogP contribution in [-0.2, 0) is 22.0 Å². The van der Waals surface area contributed by atoms with Gasteiger partial charge in [-0.2, -0.15) is 5.10 Å². The third kappa shape index (κ3) is 4.92. The summed E-state index contributed by atoms with van der Waals surface area (Å²) in [6.07, 6.45) is 1.56. The molecule has 2 aromatic carbocycles. The summed E-state index contributed by atoms with van der Waals surface area (Å²) in [6, 6.07) is 16.2. The van der Waals surface area contributed by atoms with Crippen LogP contribution < -0.4 is 4.72 Å². The number of nitrogens with zero attached hydrogens (tertiary/aromatic N) is 2. The SMILES string of the molecule is CC(=O)c1cccc(NS(=O)(=O)c2cn(Cc3ccccc3)nc2C(C)(C)C)c1. The Balaban J connectivity index is 1.99. The molecule has 0 spiro atoms. The molecule has 0 aliphatic heterocycles. The van der Waals surface area contributed by atoms with Crippen LogP contribution in [-0.4, -0.2) is 24.0 Å². The summed E-state index contributed by atoms with van der Waals surface area (Å²) >= 11 is 0. The molecule has 0 unspecified atom stereocenters. The fourth-order valence-electron chi connectivity index (χ4n) is 2.98. The van der Waals surface area contributed by atoms with Gasteiger partial charge in [0.25, 0.3) is 10.0 Å². The molecule has 0 bridgehead atoms. The topological polar surface area (TPSA) is 81.1 Å². The van der Waals surface area contributed by atoms with E-state index in [0.717, 1.165) is 5.56 Å². The van der Waals surface area contributed by atoms with Crippen molar-refractivity contribution in [1.29, 1.82) is 0 Å². The number of hydrogen-bond donors (Lipinski definition) is 1. The molecule has 6 nitrogen and oxygen atoms in total. The summed E-state index contributed by atoms with van der Waals surface area (Å²) < 4.78 is 30.6. The maximum absolute atomic E-state index is 13.2. The molecule has 0 fully saturated rings. The van der Waals surface area contributed by atoms with E-state index in [-0.39, 0.29) is 10.7 Å². The Hall–Kier alpha value is -2.93. The molecule has 1 aromatic heterocycles. The highest BCUT2D eigenvalue weighted by molar-refractivity contribution is 7.92. The maximum atomic E-state index is 13.2. The van der Waals surface area contributed by atoms with Crippen molar-refractivity contribution in [1.82, 2.24) is 9.78 Å². The molecule has 0 aliphatic carbocycles. The lowest BCUT2D eigenvalue weighted by molar-refractivity contribution is 0.101. The molecular formula is C22H25N3O3S. The van der Waals surface area contributed by atoms with Crippen LogP contribution in [0, 0.1) is 0 Å². The van der Waals surface area contributed by atoms with E-state index in [2.05, 4.69) is 9.82 Å². The molecular weight excluding hydrogens is 386 g/mol. The van der Waals surface area contributed by atoms with Crippen LogP contribution in [0.1, 0.15) is 49.3 Å². The van der Waals surface area contributed by atoms with Crippen LogP contribution >= 0.6 is 0 Å². The Morgan fingerprint density at radius 2 is 1.76 bits per heavy atom. The van der Waals surface area contributed by atoms with Gasteiger partial charge >= 0.3 is 0 Å². The lowest BCUT2D eigenvalue weighted by Gasteiger charge is -2.18. The zero-order valence-electron chi connectivity index (χ0n) is 17.0. The maximum Gasteiger partial charge on any atom is 0.265 e. The number of hydrogen-bond acceptors (Lipinski definition) is 4. The molecule has 29 heavy (non-hydrogen) atoms. The molecule has 1 N–H and O–H groups in total. The number of carbonyl (C=O) groups is 1. The van der Waals surface area contributed by atoms with E-state index in [1.807, 2.05) is 51.1 Å². The first-order chi connectivity index (χ1) is 13.6. The van der Waals surface area contributed by atoms with E-state index in [0.29, 0.717) is 23.5 Å². The lowest BCUT2D eigenvalue weighted by Crippen LogP contribution is -2.20. The van der Waals surface area contributed by atoms with E-state index >= 15 is 0 Å². The van der Waals surface area contributed by atoms with Gasteiger partial charge in [-0.25, -0.2) is 8.42 Å². The Morgan fingerprint density at radius 1 is 1.07 bits per heavy atom. The van der Waals surface area contributed by atoms with Crippen LogP contribution in [0.3, 0.4) is 0 Å². The second kappa shape index (κ2) is 7.83. The van der Waals surface area contributed by atoms with E-state index in [1.165, 1.54) is 13.0 Å². The van der Waals surface area contributed by atoms with Crippen molar-refractivity contribution >= 4 is 21.5 Å². The summed E-state index contributed by atoms with van der Waals surface area (Å²) in [5.74, 6) is -0.128. The quantitative estimate of drug-likeness (QED) is 0.616. The summed E-state index contributed by atoms with van der Waals surface area (Å²) in [5.41, 5.74) is 1.84. The monoisotopic (exact) mass is 411 g/mol. The van der Waals surface area contributed by atoms with Crippen LogP contribution in [0.2, 0.25) is 0 Å². The van der Waals surface area contributed by atoms with Crippen LogP contribution in [0.4, 0.5) is 5.69 Å². The largest absolute Gasteiger partial charge is 0.295 e. The Bertz CT molecular complexity index is 1130. The van der Waals surface area contributed by atoms with Gasteiger partial charge in [-0.3, -0.25) is 14.2 Å². The molecule has 0 amide bonds. The van der Waals surface area contributed by atoms with Gasteiger partial charge in [-0.15, -0.1) is 0 Å². The zero-order chi connectivity index (χ0) is 21.2. The van der Waals surface area contributed by atoms with Gasteiger partial charge < -0.3 is 0 Å². The number of anilines is 1. The molecule has 0 saturated heterocycles. The van der Waals surface area contributed by atoms with E-state index in [9.17, 15) is 13.2 Å². The van der Waals surface area contributed by atoms with Crippen molar-refractivity contribution < 1.29 is 13.2 Å². The highest BCUT2D eigenvalue weighted by Crippen LogP contribution is 2.29. The van der Waals surface area contributed by atoms with Crippen molar-refractivity contribution in [3.05, 3.63) is 77.6 Å². The molecule has 0 atom stereocenters. The highest BCUT2D eigenvalue weighted by Gasteiger charge is 2.30. The summed E-state index contributed by atoms with van der Waals surface area (Å²) in [6.45, 7) is 7.70. The van der Waals surface area contributed by atoms with Crippen molar-refractivity contribution in [2.75, 3.05) is 4.72 Å². The molecule has 0 aliphatic rings. The summed E-state index contributed by atoms with van der Waals surface area (Å²) in [7, 11) is -3.89. The number of nitrogens with one attached hydrogen (secondary N) is 1. The van der Waals surface area contributed by atoms with Crippen molar-refractivity contribution in [2.24, 2.45) is 0 Å². The van der Waals surface area contributed by atoms with Crippen molar-refractivity contribution in [3.8, 4) is 0 Å². The molecule has 152 valence electrons. The average Bonchev–Trinajstić information content (AvgIpc) is 3.08. The van der Waals surface area contributed by atoms with Gasteiger partial charge in [0.1, 0.15) is 4.90 Å². The number of sulfonamides is 1. The van der Waals surface area contributed by atoms with E-state index in [4.69, 9.17) is 0 Å². The summed E-state index contributed by atoms with van der Waals surface area (Å²) in [5, 5.41) is 4.57. The minimum absolute atomic E-state index is 0.128. The number of benzene rings is 2. The van der Waals surface area contributed by atoms with E-state index in [1.54, 1.807) is 29.1 Å². The first-order valence-corrected chi connectivity index (χ1v) is 10.8. The van der Waals surface area contributed by atoms with Crippen LogP contribution in [0.15, 0.2) is 65.7 Å². The Labute approximate surface area is 171 Å². The molecule has 7 heteroatoms. The molecule has 0 saturated carbocycles. The first kappa shape index (κ1) is 20.8. The number of ketones is 1. The van der Waals surface area contributed by atoms with Gasteiger partial charge in [-0.05, 0) is 24.6 Å². The minimum Gasteiger partial charge on any atom is -0.295 e. The zero-order valence-corrected chi connectivity index (χ0v) is 17.8. The van der Waals surface area contributed by atoms with Gasteiger partial charge in [0.05, 0.1) is 12.2 Å². The predicted molar refractivity (Wildman–Crippen MR) is 114 cm³/mol. The highest BCUT2D eigenvalue weighted by atomic mass is 32.2. The molecule has 1 heterocycles. The lowest BCUT2D eigenvalue weighted by atomic mass is 9.92. The normalized spacial score (nSPS) is 12.0. The van der Waals surface area contributed by atoms with Crippen LogP contribution in [0.5, 0.6) is 0 Å². The average molecular weight is 412 g/mol. The number of rotatable bonds is 6. The van der Waals surface area contributed by atoms with Gasteiger partial charge in [0, 0.05) is 22.9 Å². The van der Waals surface area contributed by atoms with Crippen molar-refractivity contribution in [2.45, 2.75) is 44.6 Å². The van der Waals surface area contributed by atoms with Crippen molar-refractivity contribution in [3.63, 3.8) is 0 Å². The second-order valence-electron chi connectivity index (χ2n) is 8.02. The molecule has 3 aromatic rings. The Kier molecular flexibility index (Phi) is 5.61. The number of aromatic nitrogens is 2. The first-order valence-electron chi connectivity index (χ1n) is 9.32. The predicted octanol–water partition coefficient (Wildman–Crippen LogP) is 4.23. The third-order valence-corrected chi connectivity index (χ3v) is 5.82. The van der Waals surface area contributed by atoms with E-state index < -0.39 is 15.4 Å².